The molecule has 0 saturated carbocycles. The number of carbonyl (C=O) groups is 2. The minimum absolute atomic E-state index is 0.240. The van der Waals surface area contributed by atoms with Crippen molar-refractivity contribution >= 4 is 11.9 Å². The number of hydrogen-bond acceptors (Lipinski definition) is 4. The maximum Gasteiger partial charge on any atom is 0.326 e. The molecule has 2 heterocycles. The number of carbonyl (C=O) groups excluding carboxylic acids is 1. The Bertz CT molecular complexity index is 789. The number of benzene rings is 1. The molecule has 1 saturated heterocycles. The highest BCUT2D eigenvalue weighted by atomic mass is 16.5. The molecule has 0 aliphatic carbocycles. The minimum Gasteiger partial charge on any atom is -0.487 e. The number of amides is 1. The Morgan fingerprint density at radius 3 is 2.85 bits per heavy atom. The standard InChI is InChI=1S/C20H22N2O4/c1-14-8-9-17(12-21-14)26-13-15-5-4-6-16(11-15)19(23)22-10-3-2-7-18(22)20(24)25/h4-6,8-9,11-12,18H,2-3,7,10,13H2,1H3,(H,24,25)/t18-/m1/s1. The van der Waals surface area contributed by atoms with Crippen molar-refractivity contribution in [2.24, 2.45) is 0 Å². The molecule has 1 atom stereocenters. The van der Waals surface area contributed by atoms with Gasteiger partial charge in [-0.15, -0.1) is 0 Å². The first-order valence-corrected chi connectivity index (χ1v) is 8.73. The Hall–Kier alpha value is -2.89. The van der Waals surface area contributed by atoms with E-state index in [1.165, 1.54) is 4.90 Å². The zero-order valence-corrected chi connectivity index (χ0v) is 14.7. The molecule has 136 valence electrons. The predicted octanol–water partition coefficient (Wildman–Crippen LogP) is 3.05. The maximum absolute atomic E-state index is 12.8. The first-order chi connectivity index (χ1) is 12.5. The van der Waals surface area contributed by atoms with Gasteiger partial charge in [0, 0.05) is 17.8 Å². The third kappa shape index (κ3) is 4.20. The second-order valence-corrected chi connectivity index (χ2v) is 6.47. The Labute approximate surface area is 152 Å². The molecule has 1 aromatic heterocycles. The van der Waals surface area contributed by atoms with Crippen LogP contribution in [0.5, 0.6) is 5.75 Å². The van der Waals surface area contributed by atoms with Gasteiger partial charge in [-0.05, 0) is 56.0 Å². The van der Waals surface area contributed by atoms with Crippen LogP contribution in [0.15, 0.2) is 42.6 Å². The van der Waals surface area contributed by atoms with Crippen LogP contribution in [-0.4, -0.2) is 39.5 Å². The van der Waals surface area contributed by atoms with E-state index in [1.807, 2.05) is 25.1 Å². The summed E-state index contributed by atoms with van der Waals surface area (Å²) in [4.78, 5) is 29.9. The lowest BCUT2D eigenvalue weighted by atomic mass is 10.0. The summed E-state index contributed by atoms with van der Waals surface area (Å²) in [5, 5.41) is 9.37. The van der Waals surface area contributed by atoms with E-state index in [0.717, 1.165) is 24.1 Å². The molecular weight excluding hydrogens is 332 g/mol. The number of hydrogen-bond donors (Lipinski definition) is 1. The fraction of sp³-hybridized carbons (Fsp3) is 0.350. The number of carboxylic acid groups (broad SMARTS) is 1. The number of pyridine rings is 1. The smallest absolute Gasteiger partial charge is 0.326 e. The van der Waals surface area contributed by atoms with Gasteiger partial charge in [0.2, 0.25) is 0 Å². The number of carboxylic acids is 1. The molecular formula is C20H22N2O4. The first kappa shape index (κ1) is 17.9. The molecule has 1 aliphatic heterocycles. The molecule has 0 unspecified atom stereocenters. The number of ether oxygens (including phenoxy) is 1. The maximum atomic E-state index is 12.8. The molecule has 1 N–H and O–H groups in total. The van der Waals surface area contributed by atoms with Crippen LogP contribution in [0.25, 0.3) is 0 Å². The average Bonchev–Trinajstić information content (AvgIpc) is 2.67. The molecule has 26 heavy (non-hydrogen) atoms. The first-order valence-electron chi connectivity index (χ1n) is 8.73. The van der Waals surface area contributed by atoms with Crippen molar-refractivity contribution in [3.05, 3.63) is 59.4 Å². The highest BCUT2D eigenvalue weighted by molar-refractivity contribution is 5.96. The van der Waals surface area contributed by atoms with E-state index in [9.17, 15) is 14.7 Å². The van der Waals surface area contributed by atoms with Crippen LogP contribution >= 0.6 is 0 Å². The zero-order chi connectivity index (χ0) is 18.5. The molecule has 1 aromatic carbocycles. The number of aryl methyl sites for hydroxylation is 1. The lowest BCUT2D eigenvalue weighted by molar-refractivity contribution is -0.143. The van der Waals surface area contributed by atoms with Gasteiger partial charge in [0.05, 0.1) is 6.20 Å². The van der Waals surface area contributed by atoms with Crippen LogP contribution in [0.3, 0.4) is 0 Å². The number of rotatable bonds is 5. The van der Waals surface area contributed by atoms with Gasteiger partial charge in [-0.1, -0.05) is 12.1 Å². The van der Waals surface area contributed by atoms with E-state index in [2.05, 4.69) is 4.98 Å². The molecule has 0 radical (unpaired) electrons. The van der Waals surface area contributed by atoms with Crippen molar-refractivity contribution in [3.8, 4) is 5.75 Å². The van der Waals surface area contributed by atoms with Gasteiger partial charge >= 0.3 is 5.97 Å². The monoisotopic (exact) mass is 354 g/mol. The number of aliphatic carboxylic acids is 1. The third-order valence-electron chi connectivity index (χ3n) is 4.51. The Morgan fingerprint density at radius 2 is 2.12 bits per heavy atom. The Balaban J connectivity index is 1.70. The van der Waals surface area contributed by atoms with Gasteiger partial charge in [0.15, 0.2) is 0 Å². The largest absolute Gasteiger partial charge is 0.487 e. The van der Waals surface area contributed by atoms with Gasteiger partial charge in [-0.2, -0.15) is 0 Å². The molecule has 0 bridgehead atoms. The van der Waals surface area contributed by atoms with Crippen LogP contribution in [0, 0.1) is 6.92 Å². The van der Waals surface area contributed by atoms with E-state index in [4.69, 9.17) is 4.74 Å². The highest BCUT2D eigenvalue weighted by Gasteiger charge is 2.32. The van der Waals surface area contributed by atoms with Crippen LogP contribution < -0.4 is 4.74 Å². The van der Waals surface area contributed by atoms with E-state index < -0.39 is 12.0 Å². The van der Waals surface area contributed by atoms with Crippen LogP contribution in [0.2, 0.25) is 0 Å². The van der Waals surface area contributed by atoms with Crippen molar-refractivity contribution in [1.29, 1.82) is 0 Å². The van der Waals surface area contributed by atoms with Crippen molar-refractivity contribution in [2.45, 2.75) is 38.8 Å². The number of nitrogens with zero attached hydrogens (tertiary/aromatic N) is 2. The van der Waals surface area contributed by atoms with Gasteiger partial charge < -0.3 is 14.7 Å². The van der Waals surface area contributed by atoms with Crippen molar-refractivity contribution < 1.29 is 19.4 Å². The molecule has 1 aliphatic rings. The fourth-order valence-electron chi connectivity index (χ4n) is 3.10. The summed E-state index contributed by atoms with van der Waals surface area (Å²) in [6, 6.07) is 10.1. The van der Waals surface area contributed by atoms with Gasteiger partial charge in [0.25, 0.3) is 5.91 Å². The lowest BCUT2D eigenvalue weighted by Gasteiger charge is -2.33. The summed E-state index contributed by atoms with van der Waals surface area (Å²) >= 11 is 0. The summed E-state index contributed by atoms with van der Waals surface area (Å²) in [7, 11) is 0. The highest BCUT2D eigenvalue weighted by Crippen LogP contribution is 2.21. The summed E-state index contributed by atoms with van der Waals surface area (Å²) in [6.07, 6.45) is 3.83. The SMILES string of the molecule is Cc1ccc(OCc2cccc(C(=O)N3CCCC[C@@H]3C(=O)O)c2)cn1. The lowest BCUT2D eigenvalue weighted by Crippen LogP contribution is -2.48. The minimum atomic E-state index is -0.940. The Morgan fingerprint density at radius 1 is 1.27 bits per heavy atom. The van der Waals surface area contributed by atoms with E-state index in [0.29, 0.717) is 30.9 Å². The van der Waals surface area contributed by atoms with Crippen molar-refractivity contribution in [1.82, 2.24) is 9.88 Å². The van der Waals surface area contributed by atoms with Gasteiger partial charge in [-0.3, -0.25) is 9.78 Å². The van der Waals surface area contributed by atoms with Gasteiger partial charge in [0.1, 0.15) is 18.4 Å². The summed E-state index contributed by atoms with van der Waals surface area (Å²) in [6.45, 7) is 2.70. The fourth-order valence-corrected chi connectivity index (χ4v) is 3.10. The molecule has 6 heteroatoms. The second kappa shape index (κ2) is 7.99. The Kier molecular flexibility index (Phi) is 5.51. The summed E-state index contributed by atoms with van der Waals surface area (Å²) in [5.41, 5.74) is 2.25. The van der Waals surface area contributed by atoms with Crippen LogP contribution in [-0.2, 0) is 11.4 Å². The van der Waals surface area contributed by atoms with Gasteiger partial charge in [-0.25, -0.2) is 4.79 Å². The van der Waals surface area contributed by atoms with Crippen LogP contribution in [0.4, 0.5) is 0 Å². The van der Waals surface area contributed by atoms with E-state index in [1.54, 1.807) is 24.4 Å². The van der Waals surface area contributed by atoms with Crippen LogP contribution in [0.1, 0.15) is 40.9 Å². The van der Waals surface area contributed by atoms with Crippen molar-refractivity contribution in [2.75, 3.05) is 6.54 Å². The summed E-state index contributed by atoms with van der Waals surface area (Å²) in [5.74, 6) is -0.519. The number of aromatic nitrogens is 1. The number of piperidine rings is 1. The molecule has 1 fully saturated rings. The quantitative estimate of drug-likeness (QED) is 0.893. The topological polar surface area (TPSA) is 79.7 Å². The zero-order valence-electron chi connectivity index (χ0n) is 14.7. The summed E-state index contributed by atoms with van der Waals surface area (Å²) < 4.78 is 5.71. The van der Waals surface area contributed by atoms with E-state index in [-0.39, 0.29) is 5.91 Å². The predicted molar refractivity (Wildman–Crippen MR) is 96.1 cm³/mol. The molecule has 2 aromatic rings. The van der Waals surface area contributed by atoms with E-state index >= 15 is 0 Å². The second-order valence-electron chi connectivity index (χ2n) is 6.47. The molecule has 6 nitrogen and oxygen atoms in total. The number of likely N-dealkylation sites (tertiary alicyclic amines) is 1. The normalized spacial score (nSPS) is 17.0. The average molecular weight is 354 g/mol. The molecule has 1 amide bonds. The third-order valence-corrected chi connectivity index (χ3v) is 4.51. The molecule has 0 spiro atoms. The van der Waals surface area contributed by atoms with Crippen molar-refractivity contribution in [3.63, 3.8) is 0 Å². The molecule has 3 rings (SSSR count).